The Labute approximate surface area is 224 Å². The van der Waals surface area contributed by atoms with Crippen molar-refractivity contribution in [3.05, 3.63) is 87.9 Å². The normalized spacial score (nSPS) is 14.4. The van der Waals surface area contributed by atoms with Crippen molar-refractivity contribution in [3.8, 4) is 11.5 Å². The topological polar surface area (TPSA) is 114 Å². The van der Waals surface area contributed by atoms with Crippen molar-refractivity contribution in [1.29, 1.82) is 0 Å². The number of barbiturate groups is 1. The smallest absolute Gasteiger partial charge is 0.335 e. The SMILES string of the molecule is COc1ccc(NC(=O)COc2ccc(Cl)cc2/C=C2/C(=O)NC(=O)N(c3ccc(C)c(C)c3)C2=O)cc1. The maximum absolute atomic E-state index is 13.3. The minimum Gasteiger partial charge on any atom is -0.497 e. The fourth-order valence-electron chi connectivity index (χ4n) is 3.69. The summed E-state index contributed by atoms with van der Waals surface area (Å²) >= 11 is 6.16. The molecule has 194 valence electrons. The molecule has 10 heteroatoms. The second-order valence-electron chi connectivity index (χ2n) is 8.47. The van der Waals surface area contributed by atoms with Gasteiger partial charge in [-0.15, -0.1) is 0 Å². The quantitative estimate of drug-likeness (QED) is 0.337. The Kier molecular flexibility index (Phi) is 7.78. The van der Waals surface area contributed by atoms with Crippen molar-refractivity contribution in [2.75, 3.05) is 23.9 Å². The summed E-state index contributed by atoms with van der Waals surface area (Å²) in [6.45, 7) is 3.41. The number of nitrogens with one attached hydrogen (secondary N) is 2. The number of hydrogen-bond donors (Lipinski definition) is 2. The lowest BCUT2D eigenvalue weighted by Gasteiger charge is -2.27. The van der Waals surface area contributed by atoms with Gasteiger partial charge >= 0.3 is 6.03 Å². The fraction of sp³-hybridized carbons (Fsp3) is 0.143. The molecule has 0 atom stereocenters. The van der Waals surface area contributed by atoms with Crippen LogP contribution < -0.4 is 25.0 Å². The molecule has 9 nitrogen and oxygen atoms in total. The van der Waals surface area contributed by atoms with Gasteiger partial charge in [0.05, 0.1) is 12.8 Å². The lowest BCUT2D eigenvalue weighted by molar-refractivity contribution is -0.122. The van der Waals surface area contributed by atoms with Crippen LogP contribution in [0.5, 0.6) is 11.5 Å². The number of nitrogens with zero attached hydrogens (tertiary/aromatic N) is 1. The number of amides is 5. The number of aryl methyl sites for hydroxylation is 2. The van der Waals surface area contributed by atoms with E-state index in [0.717, 1.165) is 16.0 Å². The highest BCUT2D eigenvalue weighted by Gasteiger charge is 2.37. The van der Waals surface area contributed by atoms with Gasteiger partial charge in [0, 0.05) is 16.3 Å². The number of urea groups is 1. The van der Waals surface area contributed by atoms with E-state index in [1.165, 1.54) is 18.2 Å². The van der Waals surface area contributed by atoms with Crippen molar-refractivity contribution in [1.82, 2.24) is 5.32 Å². The van der Waals surface area contributed by atoms with Gasteiger partial charge in [0.1, 0.15) is 17.1 Å². The lowest BCUT2D eigenvalue weighted by atomic mass is 10.0. The second kappa shape index (κ2) is 11.2. The molecule has 0 bridgehead atoms. The van der Waals surface area contributed by atoms with Crippen LogP contribution in [0.2, 0.25) is 5.02 Å². The zero-order valence-electron chi connectivity index (χ0n) is 20.8. The molecule has 5 amide bonds. The minimum absolute atomic E-state index is 0.210. The number of carbonyl (C=O) groups excluding carboxylic acids is 4. The molecular weight excluding hydrogens is 510 g/mol. The van der Waals surface area contributed by atoms with E-state index in [4.69, 9.17) is 21.1 Å². The van der Waals surface area contributed by atoms with E-state index in [2.05, 4.69) is 10.6 Å². The molecule has 0 saturated carbocycles. The van der Waals surface area contributed by atoms with Crippen LogP contribution in [-0.2, 0) is 14.4 Å². The van der Waals surface area contributed by atoms with Gasteiger partial charge in [-0.3, -0.25) is 19.7 Å². The second-order valence-corrected chi connectivity index (χ2v) is 8.91. The minimum atomic E-state index is -0.858. The number of imide groups is 2. The Morgan fingerprint density at radius 3 is 2.42 bits per heavy atom. The van der Waals surface area contributed by atoms with Crippen molar-refractivity contribution >= 4 is 52.8 Å². The summed E-state index contributed by atoms with van der Waals surface area (Å²) < 4.78 is 10.8. The summed E-state index contributed by atoms with van der Waals surface area (Å²) in [4.78, 5) is 51.8. The Bertz CT molecular complexity index is 1470. The van der Waals surface area contributed by atoms with Crippen molar-refractivity contribution in [2.45, 2.75) is 13.8 Å². The monoisotopic (exact) mass is 533 g/mol. The third-order valence-electron chi connectivity index (χ3n) is 5.85. The molecule has 38 heavy (non-hydrogen) atoms. The van der Waals surface area contributed by atoms with E-state index in [9.17, 15) is 19.2 Å². The average Bonchev–Trinajstić information content (AvgIpc) is 2.88. The van der Waals surface area contributed by atoms with Crippen molar-refractivity contribution in [2.24, 2.45) is 0 Å². The molecule has 4 rings (SSSR count). The number of hydrogen-bond acceptors (Lipinski definition) is 6. The third-order valence-corrected chi connectivity index (χ3v) is 6.09. The summed E-state index contributed by atoms with van der Waals surface area (Å²) in [5.74, 6) is -1.23. The van der Waals surface area contributed by atoms with Crippen LogP contribution in [0, 0.1) is 13.8 Å². The molecular formula is C28H24ClN3O6. The van der Waals surface area contributed by atoms with Gasteiger partial charge in [0.25, 0.3) is 17.7 Å². The van der Waals surface area contributed by atoms with Crippen LogP contribution >= 0.6 is 11.6 Å². The first kappa shape index (κ1) is 26.4. The highest BCUT2D eigenvalue weighted by Crippen LogP contribution is 2.28. The van der Waals surface area contributed by atoms with Crippen molar-refractivity contribution in [3.63, 3.8) is 0 Å². The molecule has 1 aliphatic rings. The van der Waals surface area contributed by atoms with Crippen molar-refractivity contribution < 1.29 is 28.7 Å². The molecule has 0 radical (unpaired) electrons. The number of carbonyl (C=O) groups is 4. The molecule has 2 N–H and O–H groups in total. The zero-order chi connectivity index (χ0) is 27.4. The van der Waals surface area contributed by atoms with Crippen LogP contribution in [-0.4, -0.2) is 37.5 Å². The van der Waals surface area contributed by atoms with Gasteiger partial charge in [-0.1, -0.05) is 17.7 Å². The molecule has 3 aromatic carbocycles. The number of anilines is 2. The largest absolute Gasteiger partial charge is 0.497 e. The summed E-state index contributed by atoms with van der Waals surface area (Å²) in [5.41, 5.74) is 2.73. The fourth-order valence-corrected chi connectivity index (χ4v) is 3.87. The van der Waals surface area contributed by atoms with E-state index >= 15 is 0 Å². The first-order valence-electron chi connectivity index (χ1n) is 11.5. The molecule has 0 aliphatic carbocycles. The Morgan fingerprint density at radius 2 is 1.74 bits per heavy atom. The molecule has 1 fully saturated rings. The van der Waals surface area contributed by atoms with Gasteiger partial charge in [-0.25, -0.2) is 9.69 Å². The Balaban J connectivity index is 1.56. The maximum atomic E-state index is 13.3. The van der Waals surface area contributed by atoms with Gasteiger partial charge in [0.15, 0.2) is 6.61 Å². The zero-order valence-corrected chi connectivity index (χ0v) is 21.6. The van der Waals surface area contributed by atoms with Crippen LogP contribution in [0.4, 0.5) is 16.2 Å². The number of methoxy groups -OCH3 is 1. The highest BCUT2D eigenvalue weighted by atomic mass is 35.5. The number of benzene rings is 3. The molecule has 1 aliphatic heterocycles. The van der Waals surface area contributed by atoms with E-state index in [1.807, 2.05) is 13.8 Å². The number of rotatable bonds is 7. The summed E-state index contributed by atoms with van der Waals surface area (Å²) in [6.07, 6.45) is 1.28. The van der Waals surface area contributed by atoms with Gasteiger partial charge in [-0.2, -0.15) is 0 Å². The van der Waals surface area contributed by atoms with Gasteiger partial charge < -0.3 is 14.8 Å². The average molecular weight is 534 g/mol. The molecule has 1 saturated heterocycles. The standard InChI is InChI=1S/C28H24ClN3O6/c1-16-4-8-21(12-17(16)2)32-27(35)23(26(34)31-28(32)36)14-18-13-19(29)5-11-24(18)38-15-25(33)30-20-6-9-22(37-3)10-7-20/h4-14H,15H2,1-3H3,(H,30,33)(H,31,34,36)/b23-14-. The predicted octanol–water partition coefficient (Wildman–Crippen LogP) is 4.65. The first-order chi connectivity index (χ1) is 18.2. The summed E-state index contributed by atoms with van der Waals surface area (Å²) in [7, 11) is 1.55. The molecule has 1 heterocycles. The van der Waals surface area contributed by atoms with Crippen LogP contribution in [0.1, 0.15) is 16.7 Å². The first-order valence-corrected chi connectivity index (χ1v) is 11.9. The van der Waals surface area contributed by atoms with Crippen LogP contribution in [0.3, 0.4) is 0 Å². The maximum Gasteiger partial charge on any atom is 0.335 e. The van der Waals surface area contributed by atoms with Gasteiger partial charge in [0.2, 0.25) is 0 Å². The van der Waals surface area contributed by atoms with E-state index in [0.29, 0.717) is 22.1 Å². The lowest BCUT2D eigenvalue weighted by Crippen LogP contribution is -2.54. The number of ether oxygens (including phenoxy) is 2. The molecule has 0 spiro atoms. The molecule has 0 aromatic heterocycles. The van der Waals surface area contributed by atoms with Crippen LogP contribution in [0.25, 0.3) is 6.08 Å². The highest BCUT2D eigenvalue weighted by molar-refractivity contribution is 6.39. The van der Waals surface area contributed by atoms with Gasteiger partial charge in [-0.05, 0) is 85.6 Å². The predicted molar refractivity (Wildman–Crippen MR) is 143 cm³/mol. The number of halogens is 1. The Morgan fingerprint density at radius 1 is 1.00 bits per heavy atom. The third kappa shape index (κ3) is 5.84. The molecule has 0 unspecified atom stereocenters. The van der Waals surface area contributed by atoms with E-state index in [-0.39, 0.29) is 23.5 Å². The summed E-state index contributed by atoms with van der Waals surface area (Å²) in [6, 6.07) is 15.6. The van der Waals surface area contributed by atoms with Crippen LogP contribution in [0.15, 0.2) is 66.2 Å². The Hall–Kier alpha value is -4.63. The summed E-state index contributed by atoms with van der Waals surface area (Å²) in [5, 5.41) is 5.22. The van der Waals surface area contributed by atoms with E-state index < -0.39 is 23.8 Å². The molecule has 3 aromatic rings. The van der Waals surface area contributed by atoms with E-state index in [1.54, 1.807) is 55.6 Å².